The number of β-amino-alcohol motifs (C(OH)–C–C–N with tert-alkyl or cyclic N) is 1. The Labute approximate surface area is 247 Å². The molecule has 2 aromatic rings. The topological polar surface area (TPSA) is 121 Å². The normalized spacial score (nSPS) is 18.8. The van der Waals surface area contributed by atoms with Crippen LogP contribution in [0, 0.1) is 0 Å². The van der Waals surface area contributed by atoms with E-state index in [1.807, 2.05) is 15.9 Å². The quantitative estimate of drug-likeness (QED) is 0.430. The Balaban J connectivity index is 1.22. The molecule has 1 unspecified atom stereocenters. The Kier molecular flexibility index (Phi) is 9.58. The van der Waals surface area contributed by atoms with E-state index in [1.165, 1.54) is 11.1 Å². The number of anilines is 2. The number of aromatic nitrogens is 1. The molecule has 2 fully saturated rings. The van der Waals surface area contributed by atoms with Gasteiger partial charge in [0.1, 0.15) is 11.6 Å². The van der Waals surface area contributed by atoms with Crippen LogP contribution >= 0.6 is 0 Å². The molecule has 42 heavy (non-hydrogen) atoms. The molecule has 0 saturated carbocycles. The molecule has 0 aliphatic carbocycles. The van der Waals surface area contributed by atoms with Gasteiger partial charge in [-0.05, 0) is 42.5 Å². The number of piperidine rings is 1. The minimum Gasteiger partial charge on any atom is -0.390 e. The summed E-state index contributed by atoms with van der Waals surface area (Å²) < 4.78 is 0. The number of hydrogen-bond acceptors (Lipinski definition) is 8. The third kappa shape index (κ3) is 7.57. The number of carbonyl (C=O) groups is 3. The molecule has 3 amide bonds. The molecule has 226 valence electrons. The zero-order valence-corrected chi connectivity index (χ0v) is 24.7. The van der Waals surface area contributed by atoms with Crippen LogP contribution in [0.3, 0.4) is 0 Å². The van der Waals surface area contributed by atoms with E-state index in [9.17, 15) is 19.5 Å². The van der Waals surface area contributed by atoms with Gasteiger partial charge in [-0.15, -0.1) is 0 Å². The predicted molar refractivity (Wildman–Crippen MR) is 161 cm³/mol. The fraction of sp³-hybridized carbons (Fsp3) is 0.548. The number of nitrogens with one attached hydrogen (secondary N) is 2. The van der Waals surface area contributed by atoms with Gasteiger partial charge in [0.05, 0.1) is 6.10 Å². The summed E-state index contributed by atoms with van der Waals surface area (Å²) in [5, 5.41) is 17.2. The lowest BCUT2D eigenvalue weighted by Crippen LogP contribution is -2.48. The number of hydrogen-bond donors (Lipinski definition) is 3. The van der Waals surface area contributed by atoms with Crippen molar-refractivity contribution in [2.75, 3.05) is 69.1 Å². The van der Waals surface area contributed by atoms with Gasteiger partial charge in [0.2, 0.25) is 11.8 Å². The van der Waals surface area contributed by atoms with Crippen molar-refractivity contribution in [1.82, 2.24) is 25.0 Å². The first-order valence-electron chi connectivity index (χ1n) is 15.0. The second-order valence-corrected chi connectivity index (χ2v) is 11.6. The largest absolute Gasteiger partial charge is 0.390 e. The standard InChI is InChI=1S/C31H43N7O4/c1-22(39)36-11-8-27(9-12-36)33-29-17-26(18-30(34-29)38-15-13-37(14-16-38)23(2)40)31(42)32-19-28(41)21-35-10-7-24-5-3-4-6-25(24)20-35/h3-6,17-18,27-28,41H,7-16,19-21H2,1-2H3,(H,32,42)(H,33,34). The maximum absolute atomic E-state index is 13.3. The third-order valence-corrected chi connectivity index (χ3v) is 8.59. The van der Waals surface area contributed by atoms with E-state index in [0.29, 0.717) is 63.0 Å². The molecule has 5 rings (SSSR count). The van der Waals surface area contributed by atoms with Gasteiger partial charge >= 0.3 is 0 Å². The third-order valence-electron chi connectivity index (χ3n) is 8.59. The molecule has 1 aromatic carbocycles. The first kappa shape index (κ1) is 29.8. The van der Waals surface area contributed by atoms with Gasteiger partial charge in [-0.25, -0.2) is 4.98 Å². The monoisotopic (exact) mass is 577 g/mol. The van der Waals surface area contributed by atoms with E-state index >= 15 is 0 Å². The Morgan fingerprint density at radius 2 is 1.60 bits per heavy atom. The highest BCUT2D eigenvalue weighted by Gasteiger charge is 2.25. The number of nitrogens with zero attached hydrogens (tertiary/aromatic N) is 5. The number of piperazine rings is 1. The zero-order valence-electron chi connectivity index (χ0n) is 24.7. The van der Waals surface area contributed by atoms with Crippen molar-refractivity contribution < 1.29 is 19.5 Å². The second kappa shape index (κ2) is 13.5. The number of benzene rings is 1. The van der Waals surface area contributed by atoms with E-state index in [4.69, 9.17) is 4.98 Å². The fourth-order valence-corrected chi connectivity index (χ4v) is 6.07. The van der Waals surface area contributed by atoms with Crippen molar-refractivity contribution in [3.63, 3.8) is 0 Å². The predicted octanol–water partition coefficient (Wildman–Crippen LogP) is 1.32. The van der Waals surface area contributed by atoms with E-state index in [2.05, 4.69) is 38.6 Å². The number of amides is 3. The van der Waals surface area contributed by atoms with Gasteiger partial charge in [0.25, 0.3) is 5.91 Å². The lowest BCUT2D eigenvalue weighted by Gasteiger charge is -2.35. The number of pyridine rings is 1. The Hall–Kier alpha value is -3.70. The lowest BCUT2D eigenvalue weighted by atomic mass is 10.00. The van der Waals surface area contributed by atoms with Crippen LogP contribution in [0.25, 0.3) is 0 Å². The molecule has 11 nitrogen and oxygen atoms in total. The van der Waals surface area contributed by atoms with Crippen LogP contribution in [0.1, 0.15) is 48.2 Å². The summed E-state index contributed by atoms with van der Waals surface area (Å²) in [6, 6.07) is 12.1. The van der Waals surface area contributed by atoms with Crippen LogP contribution in [0.2, 0.25) is 0 Å². The molecule has 3 aliphatic rings. The van der Waals surface area contributed by atoms with Crippen molar-refractivity contribution >= 4 is 29.4 Å². The molecule has 3 N–H and O–H groups in total. The summed E-state index contributed by atoms with van der Waals surface area (Å²) in [7, 11) is 0. The van der Waals surface area contributed by atoms with Crippen molar-refractivity contribution in [1.29, 1.82) is 0 Å². The van der Waals surface area contributed by atoms with Crippen LogP contribution in [0.15, 0.2) is 36.4 Å². The number of likely N-dealkylation sites (tertiary alicyclic amines) is 1. The molecule has 2 saturated heterocycles. The first-order valence-corrected chi connectivity index (χ1v) is 15.0. The smallest absolute Gasteiger partial charge is 0.251 e. The summed E-state index contributed by atoms with van der Waals surface area (Å²) >= 11 is 0. The lowest BCUT2D eigenvalue weighted by molar-refractivity contribution is -0.130. The number of aliphatic hydroxyl groups is 1. The van der Waals surface area contributed by atoms with Crippen molar-refractivity contribution in [3.8, 4) is 0 Å². The maximum atomic E-state index is 13.3. The molecular weight excluding hydrogens is 534 g/mol. The number of carbonyl (C=O) groups excluding carboxylic acids is 3. The Morgan fingerprint density at radius 1 is 0.929 bits per heavy atom. The van der Waals surface area contributed by atoms with Crippen molar-refractivity contribution in [2.45, 2.75) is 51.8 Å². The van der Waals surface area contributed by atoms with Gasteiger partial charge in [-0.3, -0.25) is 19.3 Å². The highest BCUT2D eigenvalue weighted by Crippen LogP contribution is 2.23. The summed E-state index contributed by atoms with van der Waals surface area (Å²) in [5.74, 6) is 1.17. The summed E-state index contributed by atoms with van der Waals surface area (Å²) in [5.41, 5.74) is 3.12. The van der Waals surface area contributed by atoms with Crippen LogP contribution in [0.5, 0.6) is 0 Å². The minimum atomic E-state index is -0.691. The summed E-state index contributed by atoms with van der Waals surface area (Å²) in [6.45, 7) is 9.34. The molecule has 1 atom stereocenters. The van der Waals surface area contributed by atoms with Gasteiger partial charge in [-0.2, -0.15) is 0 Å². The fourth-order valence-electron chi connectivity index (χ4n) is 6.07. The maximum Gasteiger partial charge on any atom is 0.251 e. The van der Waals surface area contributed by atoms with Gasteiger partial charge in [-0.1, -0.05) is 24.3 Å². The van der Waals surface area contributed by atoms with E-state index in [1.54, 1.807) is 26.0 Å². The van der Waals surface area contributed by atoms with Gasteiger partial charge in [0, 0.05) is 90.9 Å². The summed E-state index contributed by atoms with van der Waals surface area (Å²) in [6.07, 6.45) is 1.87. The summed E-state index contributed by atoms with van der Waals surface area (Å²) in [4.78, 5) is 49.7. The Bertz CT molecular complexity index is 1270. The molecule has 0 bridgehead atoms. The van der Waals surface area contributed by atoms with Crippen molar-refractivity contribution in [2.24, 2.45) is 0 Å². The van der Waals surface area contributed by atoms with Crippen LogP contribution in [0.4, 0.5) is 11.6 Å². The van der Waals surface area contributed by atoms with Crippen LogP contribution < -0.4 is 15.5 Å². The molecule has 0 radical (unpaired) electrons. The molecular formula is C31H43N7O4. The van der Waals surface area contributed by atoms with E-state index in [-0.39, 0.29) is 30.3 Å². The number of aliphatic hydroxyl groups excluding tert-OH is 1. The van der Waals surface area contributed by atoms with E-state index in [0.717, 1.165) is 32.4 Å². The number of fused-ring (bicyclic) bond motifs is 1. The Morgan fingerprint density at radius 3 is 2.29 bits per heavy atom. The van der Waals surface area contributed by atoms with E-state index < -0.39 is 6.10 Å². The highest BCUT2D eigenvalue weighted by molar-refractivity contribution is 5.95. The second-order valence-electron chi connectivity index (χ2n) is 11.6. The van der Waals surface area contributed by atoms with Crippen molar-refractivity contribution in [3.05, 3.63) is 53.1 Å². The number of rotatable bonds is 8. The zero-order chi connectivity index (χ0) is 29.6. The van der Waals surface area contributed by atoms with Gasteiger partial charge < -0.3 is 30.4 Å². The first-order chi connectivity index (χ1) is 20.2. The highest BCUT2D eigenvalue weighted by atomic mass is 16.3. The van der Waals surface area contributed by atoms with Gasteiger partial charge in [0.15, 0.2) is 0 Å². The van der Waals surface area contributed by atoms with Crippen LogP contribution in [-0.4, -0.2) is 114 Å². The molecule has 4 heterocycles. The molecule has 1 aromatic heterocycles. The molecule has 11 heteroatoms. The molecule has 3 aliphatic heterocycles. The molecule has 0 spiro atoms. The van der Waals surface area contributed by atoms with Crippen LogP contribution in [-0.2, 0) is 22.6 Å². The SMILES string of the molecule is CC(=O)N1CCC(Nc2cc(C(=O)NCC(O)CN3CCc4ccccc4C3)cc(N3CCN(C(C)=O)CC3)n2)CC1. The average Bonchev–Trinajstić information content (AvgIpc) is 3.00. The minimum absolute atomic E-state index is 0.0577. The average molecular weight is 578 g/mol.